The fourth-order valence-electron chi connectivity index (χ4n) is 1.26. The van der Waals surface area contributed by atoms with Crippen LogP contribution in [0.3, 0.4) is 0 Å². The Morgan fingerprint density at radius 2 is 1.62 bits per heavy atom. The topological polar surface area (TPSA) is 22.9 Å². The van der Waals surface area contributed by atoms with Crippen LogP contribution in [-0.2, 0) is 0 Å². The van der Waals surface area contributed by atoms with Crippen molar-refractivity contribution in [1.29, 1.82) is 0 Å². The van der Waals surface area contributed by atoms with Crippen LogP contribution in [0.15, 0.2) is 0 Å². The van der Waals surface area contributed by atoms with E-state index in [0.29, 0.717) is 0 Å². The van der Waals surface area contributed by atoms with E-state index in [1.807, 2.05) is 0 Å². The predicted octanol–water partition coefficient (Wildman–Crippen LogP) is 1.29. The van der Waals surface area contributed by atoms with Crippen molar-refractivity contribution in [3.63, 3.8) is 0 Å². The second-order valence-corrected chi connectivity index (χ2v) is 2.96. The van der Waals surface area contributed by atoms with Crippen LogP contribution < -0.4 is 0 Å². The van der Waals surface area contributed by atoms with E-state index >= 15 is 0 Å². The molecule has 2 N–H and O–H groups in total. The van der Waals surface area contributed by atoms with Crippen LogP contribution in [0.4, 0.5) is 0 Å². The van der Waals surface area contributed by atoms with E-state index in [1.165, 1.54) is 12.8 Å². The van der Waals surface area contributed by atoms with Crippen LogP contribution in [0, 0.1) is 5.92 Å². The summed E-state index contributed by atoms with van der Waals surface area (Å²) < 4.78 is 0. The third-order valence-electron chi connectivity index (χ3n) is 2.02. The Morgan fingerprint density at radius 3 is 2.00 bits per heavy atom. The molecule has 1 aliphatic rings. The van der Waals surface area contributed by atoms with Crippen LogP contribution in [0.2, 0.25) is 0 Å². The molecule has 1 nitrogen and oxygen atoms in total. The van der Waals surface area contributed by atoms with Crippen molar-refractivity contribution < 1.29 is 5.11 Å². The minimum Gasteiger partial charge on any atom is -0.443 e. The third kappa shape index (κ3) is 1.48. The van der Waals surface area contributed by atoms with Crippen molar-refractivity contribution in [2.75, 3.05) is 0 Å². The lowest BCUT2D eigenvalue weighted by Gasteiger charge is -2.18. The Bertz CT molecular complexity index is 52.8. The molecule has 1 rings (SSSR count). The summed E-state index contributed by atoms with van der Waals surface area (Å²) in [6.45, 7) is 2.28. The molecule has 0 aromatic rings. The molecule has 0 amide bonds. The first-order chi connectivity index (χ1) is 3.79. The van der Waals surface area contributed by atoms with E-state index in [4.69, 9.17) is 5.11 Å². The van der Waals surface area contributed by atoms with Crippen molar-refractivity contribution in [2.45, 2.75) is 38.7 Å². The predicted molar refractivity (Wildman–Crippen MR) is 35.0 cm³/mol. The zero-order valence-corrected chi connectivity index (χ0v) is 5.48. The highest BCUT2D eigenvalue weighted by molar-refractivity contribution is 4.67. The van der Waals surface area contributed by atoms with Gasteiger partial charge in [-0.3, -0.25) is 0 Å². The molecule has 1 heteroatoms. The standard InChI is InChI=1S/C7H14O/c1-6-2-4-7(8)5-3-6/h6-8H,2-5H2,1H3/p+1. The molecular formula is C7H15O+. The molecule has 0 aromatic heterocycles. The van der Waals surface area contributed by atoms with Gasteiger partial charge in [-0.05, 0) is 18.8 Å². The lowest BCUT2D eigenvalue weighted by Crippen LogP contribution is -2.15. The Kier molecular flexibility index (Phi) is 1.90. The SMILES string of the molecule is CC1CCC([OH2+])CC1. The summed E-state index contributed by atoms with van der Waals surface area (Å²) in [6, 6.07) is 0. The van der Waals surface area contributed by atoms with Crippen LogP contribution in [0.5, 0.6) is 0 Å². The minimum absolute atomic E-state index is 0.270. The van der Waals surface area contributed by atoms with Crippen molar-refractivity contribution in [3.05, 3.63) is 0 Å². The van der Waals surface area contributed by atoms with Gasteiger partial charge in [-0.1, -0.05) is 6.92 Å². The number of hydrogen-bond acceptors (Lipinski definition) is 0. The van der Waals surface area contributed by atoms with E-state index in [-0.39, 0.29) is 6.10 Å². The quantitative estimate of drug-likeness (QED) is 0.425. The number of hydrogen-bond donors (Lipinski definition) is 0. The monoisotopic (exact) mass is 115 g/mol. The minimum atomic E-state index is 0.270. The summed E-state index contributed by atoms with van der Waals surface area (Å²) in [5.41, 5.74) is 0. The third-order valence-corrected chi connectivity index (χ3v) is 2.02. The fourth-order valence-corrected chi connectivity index (χ4v) is 1.26. The lowest BCUT2D eigenvalue weighted by molar-refractivity contribution is 0.112. The smallest absolute Gasteiger partial charge is 0.153 e. The van der Waals surface area contributed by atoms with E-state index in [2.05, 4.69) is 6.92 Å². The fraction of sp³-hybridized carbons (Fsp3) is 1.00. The molecule has 0 radical (unpaired) electrons. The van der Waals surface area contributed by atoms with Crippen molar-refractivity contribution in [1.82, 2.24) is 0 Å². The van der Waals surface area contributed by atoms with E-state index < -0.39 is 0 Å². The van der Waals surface area contributed by atoms with Gasteiger partial charge in [0.25, 0.3) is 0 Å². The first-order valence-corrected chi connectivity index (χ1v) is 3.50. The normalized spacial score (nSPS) is 39.8. The van der Waals surface area contributed by atoms with Gasteiger partial charge in [-0.15, -0.1) is 0 Å². The highest BCUT2D eigenvalue weighted by Crippen LogP contribution is 2.22. The van der Waals surface area contributed by atoms with E-state index in [1.54, 1.807) is 0 Å². The molecule has 0 heterocycles. The summed E-state index contributed by atoms with van der Waals surface area (Å²) in [7, 11) is 0. The zero-order chi connectivity index (χ0) is 5.98. The van der Waals surface area contributed by atoms with Gasteiger partial charge in [-0.2, -0.15) is 0 Å². The Hall–Kier alpha value is -0.0400. The molecule has 1 fully saturated rings. The van der Waals surface area contributed by atoms with Gasteiger partial charge >= 0.3 is 0 Å². The Balaban J connectivity index is 2.19. The molecule has 0 aliphatic heterocycles. The maximum atomic E-state index is 7.36. The van der Waals surface area contributed by atoms with Gasteiger partial charge in [0.2, 0.25) is 0 Å². The average Bonchev–Trinajstić information content (AvgIpc) is 1.77. The molecular weight excluding hydrogens is 100 g/mol. The first-order valence-electron chi connectivity index (χ1n) is 3.50. The summed E-state index contributed by atoms with van der Waals surface area (Å²) in [5, 5.41) is 7.36. The molecule has 8 heavy (non-hydrogen) atoms. The highest BCUT2D eigenvalue weighted by Gasteiger charge is 2.17. The van der Waals surface area contributed by atoms with Gasteiger partial charge in [0.1, 0.15) is 0 Å². The van der Waals surface area contributed by atoms with Crippen LogP contribution in [0.1, 0.15) is 32.6 Å². The molecule has 0 spiro atoms. The van der Waals surface area contributed by atoms with Crippen molar-refractivity contribution in [2.24, 2.45) is 5.92 Å². The van der Waals surface area contributed by atoms with Crippen LogP contribution in [-0.4, -0.2) is 11.2 Å². The maximum absolute atomic E-state index is 7.36. The summed E-state index contributed by atoms with van der Waals surface area (Å²) in [5.74, 6) is 0.900. The van der Waals surface area contributed by atoms with Gasteiger partial charge in [0.05, 0.1) is 0 Å². The second kappa shape index (κ2) is 2.49. The average molecular weight is 115 g/mol. The van der Waals surface area contributed by atoms with Gasteiger partial charge in [0.15, 0.2) is 6.10 Å². The molecule has 0 atom stereocenters. The molecule has 0 bridgehead atoms. The second-order valence-electron chi connectivity index (χ2n) is 2.96. The Morgan fingerprint density at radius 1 is 1.12 bits per heavy atom. The first kappa shape index (κ1) is 6.09. The van der Waals surface area contributed by atoms with E-state index in [0.717, 1.165) is 18.8 Å². The van der Waals surface area contributed by atoms with Crippen LogP contribution >= 0.6 is 0 Å². The lowest BCUT2D eigenvalue weighted by atomic mass is 9.89. The molecule has 1 saturated carbocycles. The van der Waals surface area contributed by atoms with Crippen LogP contribution in [0.25, 0.3) is 0 Å². The Labute approximate surface area is 50.7 Å². The summed E-state index contributed by atoms with van der Waals surface area (Å²) in [6.07, 6.45) is 5.12. The maximum Gasteiger partial charge on any atom is 0.153 e. The van der Waals surface area contributed by atoms with Crippen molar-refractivity contribution in [3.8, 4) is 0 Å². The van der Waals surface area contributed by atoms with Gasteiger partial charge in [0, 0.05) is 12.8 Å². The molecule has 0 aromatic carbocycles. The summed E-state index contributed by atoms with van der Waals surface area (Å²) in [4.78, 5) is 0. The van der Waals surface area contributed by atoms with Crippen molar-refractivity contribution >= 4 is 0 Å². The van der Waals surface area contributed by atoms with Gasteiger partial charge < -0.3 is 5.11 Å². The zero-order valence-electron chi connectivity index (χ0n) is 5.48. The molecule has 0 saturated heterocycles. The highest BCUT2D eigenvalue weighted by atomic mass is 16.3. The molecule has 48 valence electrons. The largest absolute Gasteiger partial charge is 0.443 e. The van der Waals surface area contributed by atoms with Gasteiger partial charge in [-0.25, -0.2) is 0 Å². The van der Waals surface area contributed by atoms with E-state index in [9.17, 15) is 0 Å². The molecule has 0 unspecified atom stereocenters. The number of rotatable bonds is 0. The summed E-state index contributed by atoms with van der Waals surface area (Å²) >= 11 is 0. The molecule has 1 aliphatic carbocycles.